The van der Waals surface area contributed by atoms with Crippen molar-refractivity contribution < 1.29 is 38.0 Å². The number of rotatable bonds is 52. The third-order valence-electron chi connectivity index (χ3n) is 15.4. The molecular weight excluding hydrogens is 1000 g/mol. The van der Waals surface area contributed by atoms with Crippen LogP contribution in [0.4, 0.5) is 0 Å². The molecule has 0 aliphatic rings. The lowest BCUT2D eigenvalue weighted by atomic mass is 10.1. The van der Waals surface area contributed by atoms with E-state index in [0.717, 1.165) is 74.7 Å². The summed E-state index contributed by atoms with van der Waals surface area (Å²) in [6.07, 6.45) is 48.9. The first-order valence-electron chi connectivity index (χ1n) is 33.0. The highest BCUT2D eigenvalue weighted by Gasteiger charge is 2.21. The van der Waals surface area contributed by atoms with Crippen LogP contribution in [0.15, 0.2) is 97.6 Å². The number of benzene rings is 4. The molecule has 4 aromatic carbocycles. The first-order valence-corrected chi connectivity index (χ1v) is 33.0. The molecule has 0 heterocycles. The van der Waals surface area contributed by atoms with E-state index in [1.54, 1.807) is 48.5 Å². The number of unbranched alkanes of at least 4 members (excludes halogenated alkanes) is 34. The Kier molecular flexibility index (Phi) is 39.0. The van der Waals surface area contributed by atoms with Gasteiger partial charge in [0.25, 0.3) is 0 Å². The first-order chi connectivity index (χ1) is 39.9. The molecule has 450 valence electrons. The van der Waals surface area contributed by atoms with Gasteiger partial charge < -0.3 is 28.4 Å². The zero-order chi connectivity index (χ0) is 57.5. The van der Waals surface area contributed by atoms with Crippen molar-refractivity contribution in [1.29, 1.82) is 0 Å². The number of hydrogen-bond donors (Lipinski definition) is 0. The molecule has 0 unspecified atom stereocenters. The normalized spacial score (nSPS) is 11.1. The van der Waals surface area contributed by atoms with Crippen molar-refractivity contribution in [3.63, 3.8) is 0 Å². The van der Waals surface area contributed by atoms with Crippen LogP contribution in [0.5, 0.6) is 34.5 Å². The largest absolute Gasteiger partial charge is 0.494 e. The van der Waals surface area contributed by atoms with Crippen LogP contribution in [0.1, 0.15) is 285 Å². The van der Waals surface area contributed by atoms with Gasteiger partial charge in [0.15, 0.2) is 11.5 Å². The molecular formula is C73H110O8. The smallest absolute Gasteiger partial charge is 0.343 e. The second-order valence-corrected chi connectivity index (χ2v) is 22.6. The van der Waals surface area contributed by atoms with Gasteiger partial charge in [-0.1, -0.05) is 257 Å². The third-order valence-corrected chi connectivity index (χ3v) is 15.4. The topological polar surface area (TPSA) is 89.5 Å². The molecule has 0 aliphatic carbocycles. The van der Waals surface area contributed by atoms with Crippen LogP contribution in [0.3, 0.4) is 0 Å². The Morgan fingerprint density at radius 2 is 0.630 bits per heavy atom. The monoisotopic (exact) mass is 1110 g/mol. The van der Waals surface area contributed by atoms with Gasteiger partial charge in [-0.2, -0.15) is 0 Å². The van der Waals surface area contributed by atoms with Gasteiger partial charge in [-0.05, 0) is 110 Å². The zero-order valence-corrected chi connectivity index (χ0v) is 51.3. The van der Waals surface area contributed by atoms with E-state index < -0.39 is 11.9 Å². The molecule has 4 aromatic rings. The number of esters is 2. The van der Waals surface area contributed by atoms with Gasteiger partial charge in [0.05, 0.1) is 37.6 Å². The van der Waals surface area contributed by atoms with E-state index in [1.807, 2.05) is 42.5 Å². The van der Waals surface area contributed by atoms with Crippen LogP contribution in [0, 0.1) is 0 Å². The molecule has 4 rings (SSSR count). The first kappa shape index (κ1) is 68.3. The summed E-state index contributed by atoms with van der Waals surface area (Å²) in [5.41, 5.74) is 2.67. The zero-order valence-electron chi connectivity index (χ0n) is 51.3. The van der Waals surface area contributed by atoms with Gasteiger partial charge in [0, 0.05) is 0 Å². The summed E-state index contributed by atoms with van der Waals surface area (Å²) >= 11 is 0. The minimum atomic E-state index is -0.489. The average molecular weight is 1120 g/mol. The van der Waals surface area contributed by atoms with Crippen LogP contribution in [-0.2, 0) is 0 Å². The summed E-state index contributed by atoms with van der Waals surface area (Å²) in [6.45, 7) is 12.9. The third kappa shape index (κ3) is 31.7. The van der Waals surface area contributed by atoms with Crippen molar-refractivity contribution in [1.82, 2.24) is 0 Å². The van der Waals surface area contributed by atoms with Crippen molar-refractivity contribution in [3.05, 3.63) is 109 Å². The fourth-order valence-electron chi connectivity index (χ4n) is 10.3. The highest BCUT2D eigenvalue weighted by molar-refractivity contribution is 5.93. The van der Waals surface area contributed by atoms with Gasteiger partial charge in [-0.15, -0.1) is 6.58 Å². The van der Waals surface area contributed by atoms with E-state index in [0.29, 0.717) is 66.3 Å². The van der Waals surface area contributed by atoms with Gasteiger partial charge in [-0.3, -0.25) is 0 Å². The predicted molar refractivity (Wildman–Crippen MR) is 339 cm³/mol. The molecule has 0 saturated heterocycles. The predicted octanol–water partition coefficient (Wildman–Crippen LogP) is 22.4. The Labute approximate surface area is 493 Å². The van der Waals surface area contributed by atoms with Crippen LogP contribution in [-0.4, -0.2) is 38.4 Å². The van der Waals surface area contributed by atoms with E-state index in [2.05, 4.69) is 27.4 Å². The molecule has 0 aliphatic heterocycles. The van der Waals surface area contributed by atoms with Crippen LogP contribution < -0.4 is 28.4 Å². The molecule has 0 amide bonds. The number of ether oxygens (including phenoxy) is 6. The number of hydrogen-bond acceptors (Lipinski definition) is 8. The summed E-state index contributed by atoms with van der Waals surface area (Å²) < 4.78 is 37.4. The lowest BCUT2D eigenvalue weighted by Gasteiger charge is -2.19. The minimum Gasteiger partial charge on any atom is -0.494 e. The maximum atomic E-state index is 14.1. The highest BCUT2D eigenvalue weighted by Crippen LogP contribution is 2.40. The molecule has 0 atom stereocenters. The van der Waals surface area contributed by atoms with Gasteiger partial charge in [0.2, 0.25) is 5.75 Å². The summed E-state index contributed by atoms with van der Waals surface area (Å²) in [5.74, 6) is 2.36. The maximum Gasteiger partial charge on any atom is 0.343 e. The molecule has 0 saturated carbocycles. The lowest BCUT2D eigenvalue weighted by Crippen LogP contribution is -2.12. The quantitative estimate of drug-likeness (QED) is 0.0187. The summed E-state index contributed by atoms with van der Waals surface area (Å²) in [6, 6.07) is 25.6. The molecule has 0 spiro atoms. The fourth-order valence-corrected chi connectivity index (χ4v) is 10.3. The van der Waals surface area contributed by atoms with Crippen molar-refractivity contribution in [2.24, 2.45) is 0 Å². The van der Waals surface area contributed by atoms with E-state index in [-0.39, 0.29) is 0 Å². The molecule has 0 fully saturated rings. The van der Waals surface area contributed by atoms with Crippen LogP contribution in [0.25, 0.3) is 11.1 Å². The van der Waals surface area contributed by atoms with Gasteiger partial charge in [0.1, 0.15) is 17.2 Å². The van der Waals surface area contributed by atoms with Gasteiger partial charge in [-0.25, -0.2) is 9.59 Å². The summed E-state index contributed by atoms with van der Waals surface area (Å²) in [4.78, 5) is 27.1. The molecule has 8 nitrogen and oxygen atoms in total. The van der Waals surface area contributed by atoms with E-state index in [4.69, 9.17) is 28.4 Å². The van der Waals surface area contributed by atoms with Crippen LogP contribution in [0.2, 0.25) is 0 Å². The van der Waals surface area contributed by atoms with Crippen molar-refractivity contribution in [2.45, 2.75) is 265 Å². The fraction of sp³-hybridized carbons (Fsp3) is 0.616. The summed E-state index contributed by atoms with van der Waals surface area (Å²) in [7, 11) is 0. The number of carbonyl (C=O) groups excluding carboxylic acids is 2. The second-order valence-electron chi connectivity index (χ2n) is 22.6. The Morgan fingerprint density at radius 1 is 0.333 bits per heavy atom. The van der Waals surface area contributed by atoms with Gasteiger partial charge >= 0.3 is 11.9 Å². The highest BCUT2D eigenvalue weighted by atomic mass is 16.6. The van der Waals surface area contributed by atoms with E-state index in [1.165, 1.54) is 186 Å². The van der Waals surface area contributed by atoms with Crippen molar-refractivity contribution in [3.8, 4) is 45.6 Å². The Bertz CT molecular complexity index is 2130. The minimum absolute atomic E-state index is 0.360. The van der Waals surface area contributed by atoms with E-state index >= 15 is 0 Å². The Morgan fingerprint density at radius 3 is 0.988 bits per heavy atom. The summed E-state index contributed by atoms with van der Waals surface area (Å²) in [5, 5.41) is 0. The van der Waals surface area contributed by atoms with Crippen molar-refractivity contribution >= 4 is 11.9 Å². The molecule has 0 aromatic heterocycles. The van der Waals surface area contributed by atoms with E-state index in [9.17, 15) is 9.59 Å². The number of allylic oxidation sites excluding steroid dienone is 1. The van der Waals surface area contributed by atoms with Crippen molar-refractivity contribution in [2.75, 3.05) is 26.4 Å². The lowest BCUT2D eigenvalue weighted by molar-refractivity contribution is 0.0724. The standard InChI is InChI=1S/C73H110O8/c1-5-9-13-17-21-25-29-33-37-41-57-77-69-60-65(61-70(78-58-42-38-34-30-26-22-18-14-10-6-2)71(69)79-59-43-39-35-31-27-23-19-15-11-7-3)73(75)81-68-54-46-63(47-55-68)62-44-52-67(53-45-62)80-72(74)64-48-50-66(51-49-64)76-56-40-36-32-28-24-20-16-12-8-4/h8,44-55,60-61H,4-7,9-43,56-59H2,1-3H3. The maximum absolute atomic E-state index is 14.1. The second kappa shape index (κ2) is 46.3. The Balaban J connectivity index is 1.36. The Hall–Kier alpha value is -5.24. The molecule has 0 radical (unpaired) electrons. The van der Waals surface area contributed by atoms with Crippen LogP contribution >= 0.6 is 0 Å². The average Bonchev–Trinajstić information content (AvgIpc) is 3.58. The SMILES string of the molecule is C=CCCCCCCCCCOc1ccc(C(=O)Oc2ccc(-c3ccc(OC(=O)c4cc(OCCCCCCCCCCCC)c(OCCCCCCCCCCCC)c(OCCCCCCCCCCCC)c4)cc3)cc2)cc1. The molecule has 81 heavy (non-hydrogen) atoms. The number of carbonyl (C=O) groups is 2. The molecule has 8 heteroatoms. The molecule has 0 bridgehead atoms. The molecule has 0 N–H and O–H groups in total.